The highest BCUT2D eigenvalue weighted by Gasteiger charge is 2.13. The number of hydrogen-bond donors (Lipinski definition) is 2. The summed E-state index contributed by atoms with van der Waals surface area (Å²) in [6, 6.07) is 1.70. The van der Waals surface area contributed by atoms with Gasteiger partial charge in [0.2, 0.25) is 11.2 Å². The fourth-order valence-corrected chi connectivity index (χ4v) is 1.45. The maximum atomic E-state index is 5.87. The first kappa shape index (κ1) is 15.3. The van der Waals surface area contributed by atoms with E-state index in [-0.39, 0.29) is 17.2 Å². The van der Waals surface area contributed by atoms with Gasteiger partial charge in [0.25, 0.3) is 5.95 Å². The molecule has 112 valence electrons. The lowest BCUT2D eigenvalue weighted by atomic mass is 10.2. The number of nitrogens with zero attached hydrogens (tertiary/aromatic N) is 5. The molecule has 0 amide bonds. The van der Waals surface area contributed by atoms with Crippen molar-refractivity contribution in [3.63, 3.8) is 0 Å². The molecule has 0 atom stereocenters. The summed E-state index contributed by atoms with van der Waals surface area (Å²) in [5, 5.41) is 2.97. The maximum absolute atomic E-state index is 5.87. The first-order valence-electron chi connectivity index (χ1n) is 6.24. The van der Waals surface area contributed by atoms with Crippen molar-refractivity contribution in [2.75, 3.05) is 10.8 Å². The number of rotatable bonds is 4. The second-order valence-electron chi connectivity index (χ2n) is 5.18. The van der Waals surface area contributed by atoms with Crippen LogP contribution in [0.25, 0.3) is 0 Å². The summed E-state index contributed by atoms with van der Waals surface area (Å²) in [5.74, 6) is 1.66. The summed E-state index contributed by atoms with van der Waals surface area (Å²) in [4.78, 5) is 25.6. The van der Waals surface area contributed by atoms with Crippen molar-refractivity contribution in [1.29, 1.82) is 0 Å². The van der Waals surface area contributed by atoms with Crippen molar-refractivity contribution in [1.82, 2.24) is 24.9 Å². The van der Waals surface area contributed by atoms with Crippen LogP contribution < -0.4 is 10.8 Å². The molecule has 0 aliphatic heterocycles. The number of hydrogen-bond acceptors (Lipinski definition) is 8. The maximum Gasteiger partial charge on any atom is 0.253 e. The average Bonchev–Trinajstić information content (AvgIpc) is 2.35. The highest BCUT2D eigenvalue weighted by atomic mass is 35.5. The van der Waals surface area contributed by atoms with Crippen LogP contribution in [0.1, 0.15) is 26.6 Å². The first-order valence-corrected chi connectivity index (χ1v) is 6.62. The normalized spacial score (nSPS) is 11.3. The number of nitrogens with one attached hydrogen (secondary N) is 2. The van der Waals surface area contributed by atoms with Crippen molar-refractivity contribution in [3.05, 3.63) is 23.4 Å². The van der Waals surface area contributed by atoms with Crippen LogP contribution in [-0.2, 0) is 4.84 Å². The molecular formula is C12H16ClN7O. The zero-order chi connectivity index (χ0) is 15.5. The van der Waals surface area contributed by atoms with Crippen LogP contribution in [0, 0.1) is 6.92 Å². The van der Waals surface area contributed by atoms with E-state index in [2.05, 4.69) is 35.7 Å². The highest BCUT2D eigenvalue weighted by Crippen LogP contribution is 2.15. The minimum atomic E-state index is -0.392. The van der Waals surface area contributed by atoms with Gasteiger partial charge in [0.1, 0.15) is 11.6 Å². The molecule has 0 aromatic carbocycles. The van der Waals surface area contributed by atoms with Gasteiger partial charge in [-0.25, -0.2) is 15.4 Å². The summed E-state index contributed by atoms with van der Waals surface area (Å²) in [7, 11) is 0. The fraction of sp³-hybridized carbons (Fsp3) is 0.417. The second kappa shape index (κ2) is 6.15. The van der Waals surface area contributed by atoms with Gasteiger partial charge in [0.05, 0.1) is 5.60 Å². The molecule has 0 unspecified atom stereocenters. The van der Waals surface area contributed by atoms with E-state index in [4.69, 9.17) is 16.4 Å². The molecule has 2 aromatic heterocycles. The highest BCUT2D eigenvalue weighted by molar-refractivity contribution is 6.28. The van der Waals surface area contributed by atoms with Crippen LogP contribution in [0.2, 0.25) is 5.28 Å². The Morgan fingerprint density at radius 3 is 2.48 bits per heavy atom. The van der Waals surface area contributed by atoms with E-state index in [1.807, 2.05) is 20.8 Å². The zero-order valence-electron chi connectivity index (χ0n) is 12.2. The lowest BCUT2D eigenvalue weighted by Gasteiger charge is -2.18. The molecule has 0 aliphatic rings. The van der Waals surface area contributed by atoms with Gasteiger partial charge in [-0.05, 0) is 45.4 Å². The van der Waals surface area contributed by atoms with E-state index in [1.54, 1.807) is 19.2 Å². The third kappa shape index (κ3) is 5.09. The summed E-state index contributed by atoms with van der Waals surface area (Å²) in [5.41, 5.74) is 2.25. The zero-order valence-corrected chi connectivity index (χ0v) is 12.9. The van der Waals surface area contributed by atoms with Gasteiger partial charge in [-0.2, -0.15) is 15.0 Å². The minimum Gasteiger partial charge on any atom is -0.308 e. The Hall–Kier alpha value is -2.06. The Labute approximate surface area is 127 Å². The lowest BCUT2D eigenvalue weighted by molar-refractivity contribution is 0.0358. The Bertz CT molecular complexity index is 629. The molecular weight excluding hydrogens is 294 g/mol. The van der Waals surface area contributed by atoms with Gasteiger partial charge in [0.15, 0.2) is 0 Å². The first-order chi connectivity index (χ1) is 9.82. The van der Waals surface area contributed by atoms with Crippen LogP contribution in [-0.4, -0.2) is 30.5 Å². The fourth-order valence-electron chi connectivity index (χ4n) is 1.29. The van der Waals surface area contributed by atoms with Crippen molar-refractivity contribution in [3.8, 4) is 0 Å². The van der Waals surface area contributed by atoms with Crippen molar-refractivity contribution in [2.24, 2.45) is 0 Å². The van der Waals surface area contributed by atoms with E-state index in [0.29, 0.717) is 11.6 Å². The second-order valence-corrected chi connectivity index (χ2v) is 5.52. The number of aromatic nitrogens is 5. The van der Waals surface area contributed by atoms with Gasteiger partial charge in [0, 0.05) is 6.20 Å². The van der Waals surface area contributed by atoms with E-state index >= 15 is 0 Å². The summed E-state index contributed by atoms with van der Waals surface area (Å²) in [6.45, 7) is 7.47. The molecule has 21 heavy (non-hydrogen) atoms. The van der Waals surface area contributed by atoms with E-state index < -0.39 is 5.60 Å². The van der Waals surface area contributed by atoms with Gasteiger partial charge in [-0.15, -0.1) is 0 Å². The predicted octanol–water partition coefficient (Wildman–Crippen LogP) is 2.51. The van der Waals surface area contributed by atoms with E-state index in [1.165, 1.54) is 0 Å². The summed E-state index contributed by atoms with van der Waals surface area (Å²) < 4.78 is 0. The largest absolute Gasteiger partial charge is 0.308 e. The standard InChI is InChI=1S/C12H16ClN7O/c1-7-14-6-5-8(15-7)16-10-17-9(13)18-11(19-10)20-21-12(2,3)4/h5-6H,1-4H3,(H2,14,15,16,17,18,19,20). The van der Waals surface area contributed by atoms with Crippen LogP contribution in [0.4, 0.5) is 17.7 Å². The van der Waals surface area contributed by atoms with Crippen LogP contribution in [0.5, 0.6) is 0 Å². The third-order valence-electron chi connectivity index (χ3n) is 2.07. The molecule has 0 radical (unpaired) electrons. The van der Waals surface area contributed by atoms with Crippen molar-refractivity contribution < 1.29 is 4.84 Å². The number of anilines is 3. The van der Waals surface area contributed by atoms with Gasteiger partial charge in [-0.3, -0.25) is 4.84 Å². The van der Waals surface area contributed by atoms with Crippen LogP contribution in [0.3, 0.4) is 0 Å². The Balaban J connectivity index is 2.15. The smallest absolute Gasteiger partial charge is 0.253 e. The number of halogens is 1. The quantitative estimate of drug-likeness (QED) is 0.831. The topological polar surface area (TPSA) is 97.7 Å². The molecule has 8 nitrogen and oxygen atoms in total. The SMILES string of the molecule is Cc1nccc(Nc2nc(Cl)nc(NOC(C)(C)C)n2)n1. The van der Waals surface area contributed by atoms with E-state index in [0.717, 1.165) is 0 Å². The van der Waals surface area contributed by atoms with Crippen LogP contribution >= 0.6 is 11.6 Å². The molecule has 2 heterocycles. The van der Waals surface area contributed by atoms with Crippen LogP contribution in [0.15, 0.2) is 12.3 Å². The molecule has 0 bridgehead atoms. The molecule has 9 heteroatoms. The van der Waals surface area contributed by atoms with E-state index in [9.17, 15) is 0 Å². The monoisotopic (exact) mass is 309 g/mol. The third-order valence-corrected chi connectivity index (χ3v) is 2.24. The Morgan fingerprint density at radius 1 is 1.10 bits per heavy atom. The number of aryl methyl sites for hydroxylation is 1. The van der Waals surface area contributed by atoms with Gasteiger partial charge < -0.3 is 5.32 Å². The molecule has 2 aromatic rings. The molecule has 0 aliphatic carbocycles. The molecule has 0 saturated carbocycles. The van der Waals surface area contributed by atoms with Crippen molar-refractivity contribution in [2.45, 2.75) is 33.3 Å². The van der Waals surface area contributed by atoms with Gasteiger partial charge in [-0.1, -0.05) is 0 Å². The average molecular weight is 310 g/mol. The molecule has 0 saturated heterocycles. The molecule has 0 fully saturated rings. The molecule has 2 rings (SSSR count). The minimum absolute atomic E-state index is 0.0401. The lowest BCUT2D eigenvalue weighted by Crippen LogP contribution is -2.24. The Kier molecular flexibility index (Phi) is 4.49. The summed E-state index contributed by atoms with van der Waals surface area (Å²) >= 11 is 5.87. The van der Waals surface area contributed by atoms with Crippen molar-refractivity contribution >= 4 is 29.3 Å². The van der Waals surface area contributed by atoms with Gasteiger partial charge >= 0.3 is 0 Å². The molecule has 0 spiro atoms. The summed E-state index contributed by atoms with van der Waals surface area (Å²) in [6.07, 6.45) is 1.63. The molecule has 2 N–H and O–H groups in total. The predicted molar refractivity (Wildman–Crippen MR) is 79.3 cm³/mol. The Morgan fingerprint density at radius 2 is 1.81 bits per heavy atom.